The molecule has 3 N–H and O–H groups in total. The van der Waals surface area contributed by atoms with E-state index in [0.29, 0.717) is 31.5 Å². The standard InChI is InChI=1S/C26H33N5O2.HI/c1-3-27-26(28-14-23-18-33-25(30-23)21-10-8-19(2)9-11-21)29-15-24(32)17-31-13-12-20-6-4-5-7-22(20)16-31;/h4-11,18,24,32H,3,12-17H2,1-2H3,(H2,27,28,29);1H. The first-order chi connectivity index (χ1) is 16.1. The quantitative estimate of drug-likeness (QED) is 0.216. The first kappa shape index (κ1) is 26.2. The van der Waals surface area contributed by atoms with Gasteiger partial charge in [0.15, 0.2) is 5.96 Å². The molecular formula is C26H34IN5O2. The third-order valence-electron chi connectivity index (χ3n) is 5.78. The lowest BCUT2D eigenvalue weighted by Crippen LogP contribution is -2.45. The molecule has 0 spiro atoms. The van der Waals surface area contributed by atoms with Crippen LogP contribution in [0.1, 0.15) is 29.3 Å². The van der Waals surface area contributed by atoms with E-state index in [0.717, 1.165) is 37.3 Å². The predicted octanol–water partition coefficient (Wildman–Crippen LogP) is 3.74. The van der Waals surface area contributed by atoms with Crippen LogP contribution in [0.3, 0.4) is 0 Å². The molecule has 0 radical (unpaired) electrons. The number of aliphatic imine (C=N–C) groups is 1. The smallest absolute Gasteiger partial charge is 0.226 e. The van der Waals surface area contributed by atoms with Crippen LogP contribution in [0.25, 0.3) is 11.5 Å². The van der Waals surface area contributed by atoms with E-state index >= 15 is 0 Å². The summed E-state index contributed by atoms with van der Waals surface area (Å²) in [5.74, 6) is 1.25. The average molecular weight is 575 g/mol. The summed E-state index contributed by atoms with van der Waals surface area (Å²) in [4.78, 5) is 11.5. The summed E-state index contributed by atoms with van der Waals surface area (Å²) in [5.41, 5.74) is 5.68. The van der Waals surface area contributed by atoms with Crippen molar-refractivity contribution in [3.05, 3.63) is 77.2 Å². The summed E-state index contributed by atoms with van der Waals surface area (Å²) < 4.78 is 5.62. The molecule has 1 unspecified atom stereocenters. The van der Waals surface area contributed by atoms with Crippen LogP contribution in [0.15, 0.2) is 64.2 Å². The molecule has 34 heavy (non-hydrogen) atoms. The molecule has 0 saturated heterocycles. The maximum atomic E-state index is 10.6. The number of aliphatic hydroxyl groups excluding tert-OH is 1. The van der Waals surface area contributed by atoms with E-state index in [1.54, 1.807) is 6.26 Å². The van der Waals surface area contributed by atoms with Gasteiger partial charge in [0.05, 0.1) is 12.6 Å². The van der Waals surface area contributed by atoms with Crippen LogP contribution in [-0.2, 0) is 19.5 Å². The van der Waals surface area contributed by atoms with Gasteiger partial charge in [0.2, 0.25) is 5.89 Å². The molecule has 1 aliphatic heterocycles. The molecular weight excluding hydrogens is 541 g/mol. The van der Waals surface area contributed by atoms with Crippen LogP contribution in [-0.4, -0.2) is 53.2 Å². The van der Waals surface area contributed by atoms with Crippen LogP contribution in [0, 0.1) is 6.92 Å². The SMILES string of the molecule is CCNC(=NCc1coc(-c2ccc(C)cc2)n1)NCC(O)CN1CCc2ccccc2C1.I. The van der Waals surface area contributed by atoms with Crippen molar-refractivity contribution in [1.29, 1.82) is 0 Å². The molecule has 2 aromatic carbocycles. The summed E-state index contributed by atoms with van der Waals surface area (Å²) >= 11 is 0. The fraction of sp³-hybridized carbons (Fsp3) is 0.385. The highest BCUT2D eigenvalue weighted by atomic mass is 127. The van der Waals surface area contributed by atoms with E-state index in [2.05, 4.69) is 56.7 Å². The Morgan fingerprint density at radius 1 is 1.15 bits per heavy atom. The molecule has 0 bridgehead atoms. The minimum atomic E-state index is -0.487. The van der Waals surface area contributed by atoms with Gasteiger partial charge in [-0.3, -0.25) is 4.90 Å². The number of nitrogens with one attached hydrogen (secondary N) is 2. The number of benzene rings is 2. The second kappa shape index (κ2) is 12.9. The van der Waals surface area contributed by atoms with E-state index in [1.165, 1.54) is 16.7 Å². The van der Waals surface area contributed by atoms with Gasteiger partial charge in [-0.1, -0.05) is 42.0 Å². The Morgan fingerprint density at radius 3 is 2.68 bits per heavy atom. The number of oxazole rings is 1. The van der Waals surface area contributed by atoms with Crippen LogP contribution in [0.4, 0.5) is 0 Å². The number of hydrogen-bond donors (Lipinski definition) is 3. The fourth-order valence-electron chi connectivity index (χ4n) is 4.00. The number of aromatic nitrogens is 1. The highest BCUT2D eigenvalue weighted by molar-refractivity contribution is 14.0. The van der Waals surface area contributed by atoms with Gasteiger partial charge in [-0.05, 0) is 43.5 Å². The van der Waals surface area contributed by atoms with Crippen molar-refractivity contribution in [2.24, 2.45) is 4.99 Å². The third-order valence-corrected chi connectivity index (χ3v) is 5.78. The van der Waals surface area contributed by atoms with E-state index in [4.69, 9.17) is 4.42 Å². The molecule has 182 valence electrons. The molecule has 0 fully saturated rings. The van der Waals surface area contributed by atoms with Crippen LogP contribution in [0.2, 0.25) is 0 Å². The van der Waals surface area contributed by atoms with Crippen molar-refractivity contribution in [2.45, 2.75) is 39.5 Å². The molecule has 4 rings (SSSR count). The summed E-state index contributed by atoms with van der Waals surface area (Å²) in [6, 6.07) is 16.6. The average Bonchev–Trinajstić information content (AvgIpc) is 3.30. The van der Waals surface area contributed by atoms with Crippen LogP contribution < -0.4 is 10.6 Å². The highest BCUT2D eigenvalue weighted by Gasteiger charge is 2.18. The zero-order chi connectivity index (χ0) is 23.0. The van der Waals surface area contributed by atoms with Crippen molar-refractivity contribution in [3.63, 3.8) is 0 Å². The number of β-amino-alcohol motifs (C(OH)–C–C–N with tert-alkyl or cyclic N) is 1. The van der Waals surface area contributed by atoms with Gasteiger partial charge in [-0.2, -0.15) is 0 Å². The zero-order valence-corrected chi connectivity index (χ0v) is 22.2. The van der Waals surface area contributed by atoms with Crippen molar-refractivity contribution >= 4 is 29.9 Å². The highest BCUT2D eigenvalue weighted by Crippen LogP contribution is 2.20. The Bertz CT molecular complexity index is 1070. The van der Waals surface area contributed by atoms with E-state index < -0.39 is 6.10 Å². The van der Waals surface area contributed by atoms with Gasteiger partial charge in [0, 0.05) is 38.3 Å². The number of fused-ring (bicyclic) bond motifs is 1. The first-order valence-electron chi connectivity index (χ1n) is 11.6. The van der Waals surface area contributed by atoms with Crippen molar-refractivity contribution in [2.75, 3.05) is 26.2 Å². The number of guanidine groups is 1. The molecule has 3 aromatic rings. The molecule has 0 amide bonds. The molecule has 7 nitrogen and oxygen atoms in total. The van der Waals surface area contributed by atoms with E-state index in [-0.39, 0.29) is 24.0 Å². The number of aliphatic hydroxyl groups is 1. The molecule has 0 aliphatic carbocycles. The number of aryl methyl sites for hydroxylation is 1. The maximum absolute atomic E-state index is 10.6. The van der Waals surface area contributed by atoms with E-state index in [9.17, 15) is 5.11 Å². The minimum absolute atomic E-state index is 0. The summed E-state index contributed by atoms with van der Waals surface area (Å²) in [6.07, 6.45) is 2.19. The number of nitrogens with zero attached hydrogens (tertiary/aromatic N) is 3. The molecule has 8 heteroatoms. The van der Waals surface area contributed by atoms with Crippen molar-refractivity contribution < 1.29 is 9.52 Å². The lowest BCUT2D eigenvalue weighted by Gasteiger charge is -2.30. The normalized spacial score (nSPS) is 14.7. The Labute approximate surface area is 218 Å². The van der Waals surface area contributed by atoms with Crippen molar-refractivity contribution in [3.8, 4) is 11.5 Å². The van der Waals surface area contributed by atoms with Gasteiger partial charge < -0.3 is 20.2 Å². The Hall–Kier alpha value is -2.43. The summed E-state index contributed by atoms with van der Waals surface area (Å²) in [7, 11) is 0. The van der Waals surface area contributed by atoms with Gasteiger partial charge in [-0.25, -0.2) is 9.98 Å². The van der Waals surface area contributed by atoms with Gasteiger partial charge in [0.1, 0.15) is 12.0 Å². The monoisotopic (exact) mass is 575 g/mol. The molecule has 2 heterocycles. The van der Waals surface area contributed by atoms with Gasteiger partial charge >= 0.3 is 0 Å². The molecule has 0 saturated carbocycles. The fourth-order valence-corrected chi connectivity index (χ4v) is 4.00. The molecule has 1 atom stereocenters. The number of hydrogen-bond acceptors (Lipinski definition) is 5. The zero-order valence-electron chi connectivity index (χ0n) is 19.8. The number of rotatable bonds is 8. The summed E-state index contributed by atoms with van der Waals surface area (Å²) in [5, 5.41) is 17.1. The van der Waals surface area contributed by atoms with Gasteiger partial charge in [0.25, 0.3) is 0 Å². The molecule has 1 aliphatic rings. The Kier molecular flexibility index (Phi) is 9.91. The maximum Gasteiger partial charge on any atom is 0.226 e. The second-order valence-electron chi connectivity index (χ2n) is 8.49. The van der Waals surface area contributed by atoms with Crippen LogP contribution in [0.5, 0.6) is 0 Å². The largest absolute Gasteiger partial charge is 0.444 e. The minimum Gasteiger partial charge on any atom is -0.444 e. The second-order valence-corrected chi connectivity index (χ2v) is 8.49. The lowest BCUT2D eigenvalue weighted by molar-refractivity contribution is 0.108. The van der Waals surface area contributed by atoms with E-state index in [1.807, 2.05) is 31.2 Å². The lowest BCUT2D eigenvalue weighted by atomic mass is 10.00. The Balaban J connectivity index is 0.00000324. The predicted molar refractivity (Wildman–Crippen MR) is 146 cm³/mol. The third kappa shape index (κ3) is 7.28. The van der Waals surface area contributed by atoms with Crippen molar-refractivity contribution in [1.82, 2.24) is 20.5 Å². The topological polar surface area (TPSA) is 85.9 Å². The number of halogens is 1. The Morgan fingerprint density at radius 2 is 1.91 bits per heavy atom. The summed E-state index contributed by atoms with van der Waals surface area (Å²) in [6.45, 7) is 8.11. The van der Waals surface area contributed by atoms with Crippen LogP contribution >= 0.6 is 24.0 Å². The first-order valence-corrected chi connectivity index (χ1v) is 11.6. The molecule has 1 aromatic heterocycles. The van der Waals surface area contributed by atoms with Gasteiger partial charge in [-0.15, -0.1) is 24.0 Å².